The van der Waals surface area contributed by atoms with Gasteiger partial charge in [-0.05, 0) is 25.1 Å². The van der Waals surface area contributed by atoms with E-state index in [4.69, 9.17) is 16.0 Å². The molecule has 0 saturated carbocycles. The molecular weight excluding hydrogens is 348 g/mol. The highest BCUT2D eigenvalue weighted by Gasteiger charge is 2.17. The Labute approximate surface area is 147 Å². The quantitative estimate of drug-likeness (QED) is 0.689. The number of pyridine rings is 1. The van der Waals surface area contributed by atoms with Crippen LogP contribution in [0.25, 0.3) is 10.8 Å². The van der Waals surface area contributed by atoms with Crippen molar-refractivity contribution in [3.63, 3.8) is 0 Å². The van der Waals surface area contributed by atoms with E-state index in [9.17, 15) is 4.79 Å². The summed E-state index contributed by atoms with van der Waals surface area (Å²) < 4.78 is 5.65. The Morgan fingerprint density at radius 1 is 1.33 bits per heavy atom. The van der Waals surface area contributed by atoms with E-state index in [2.05, 4.69) is 20.5 Å². The first-order valence-electron chi connectivity index (χ1n) is 7.31. The molecule has 1 amide bonds. The molecule has 3 heterocycles. The topological polar surface area (TPSA) is 80.9 Å². The first kappa shape index (κ1) is 16.6. The Kier molecular flexibility index (Phi) is 4.64. The minimum Gasteiger partial charge on any atom is -0.420 e. The molecule has 0 atom stereocenters. The number of halogens is 1. The maximum absolute atomic E-state index is 12.3. The standard InChI is InChI=1S/C16H15ClN4O2S/c1-8(2)15-20-21-16(23-15)12-7-11(9(3)24-12)19-14(22)10-4-5-18-13(17)6-10/h4-8H,1-3H3,(H,19,22). The second-order valence-corrected chi connectivity index (χ2v) is 7.15. The number of aryl methyl sites for hydroxylation is 1. The van der Waals surface area contributed by atoms with Gasteiger partial charge in [-0.1, -0.05) is 25.4 Å². The summed E-state index contributed by atoms with van der Waals surface area (Å²) in [6.07, 6.45) is 1.50. The van der Waals surface area contributed by atoms with Gasteiger partial charge in [0.05, 0.1) is 10.6 Å². The van der Waals surface area contributed by atoms with Crippen LogP contribution in [0.2, 0.25) is 5.15 Å². The number of rotatable bonds is 4. The largest absolute Gasteiger partial charge is 0.420 e. The van der Waals surface area contributed by atoms with Crippen LogP contribution in [0.15, 0.2) is 28.8 Å². The number of aromatic nitrogens is 3. The van der Waals surface area contributed by atoms with Gasteiger partial charge in [0, 0.05) is 22.6 Å². The molecule has 0 spiro atoms. The van der Waals surface area contributed by atoms with Gasteiger partial charge in [0.1, 0.15) is 5.15 Å². The lowest BCUT2D eigenvalue weighted by atomic mass is 10.2. The van der Waals surface area contributed by atoms with Gasteiger partial charge in [0.15, 0.2) is 0 Å². The summed E-state index contributed by atoms with van der Waals surface area (Å²) in [4.78, 5) is 17.9. The maximum Gasteiger partial charge on any atom is 0.257 e. The van der Waals surface area contributed by atoms with E-state index < -0.39 is 0 Å². The number of thiophene rings is 1. The number of hydrogen-bond donors (Lipinski definition) is 1. The molecule has 0 fully saturated rings. The van der Waals surface area contributed by atoms with E-state index >= 15 is 0 Å². The van der Waals surface area contributed by atoms with Gasteiger partial charge in [0.2, 0.25) is 5.89 Å². The number of carbonyl (C=O) groups is 1. The van der Waals surface area contributed by atoms with Crippen molar-refractivity contribution in [3.8, 4) is 10.8 Å². The fourth-order valence-electron chi connectivity index (χ4n) is 2.02. The summed E-state index contributed by atoms with van der Waals surface area (Å²) in [7, 11) is 0. The van der Waals surface area contributed by atoms with Gasteiger partial charge in [0.25, 0.3) is 11.8 Å². The van der Waals surface area contributed by atoms with Crippen molar-refractivity contribution in [3.05, 3.63) is 45.9 Å². The zero-order valence-corrected chi connectivity index (χ0v) is 14.9. The Hall–Kier alpha value is -2.25. The van der Waals surface area contributed by atoms with Crippen LogP contribution in [-0.2, 0) is 0 Å². The second-order valence-electron chi connectivity index (χ2n) is 5.50. The molecule has 3 aromatic rings. The zero-order valence-electron chi connectivity index (χ0n) is 13.3. The van der Waals surface area contributed by atoms with Crippen molar-refractivity contribution in [2.75, 3.05) is 5.32 Å². The minimum atomic E-state index is -0.250. The molecule has 24 heavy (non-hydrogen) atoms. The lowest BCUT2D eigenvalue weighted by Gasteiger charge is -2.04. The maximum atomic E-state index is 12.3. The van der Waals surface area contributed by atoms with Crippen molar-refractivity contribution in [2.24, 2.45) is 0 Å². The molecule has 8 heteroatoms. The highest BCUT2D eigenvalue weighted by molar-refractivity contribution is 7.15. The first-order valence-corrected chi connectivity index (χ1v) is 8.50. The van der Waals surface area contributed by atoms with Crippen LogP contribution in [0.5, 0.6) is 0 Å². The third kappa shape index (κ3) is 3.47. The van der Waals surface area contributed by atoms with E-state index in [0.29, 0.717) is 23.0 Å². The highest BCUT2D eigenvalue weighted by atomic mass is 35.5. The van der Waals surface area contributed by atoms with Crippen LogP contribution < -0.4 is 5.32 Å². The van der Waals surface area contributed by atoms with E-state index in [1.807, 2.05) is 26.8 Å². The Morgan fingerprint density at radius 3 is 2.79 bits per heavy atom. The van der Waals surface area contributed by atoms with Crippen LogP contribution in [-0.4, -0.2) is 21.1 Å². The van der Waals surface area contributed by atoms with Crippen LogP contribution in [0.1, 0.15) is 40.9 Å². The monoisotopic (exact) mass is 362 g/mol. The van der Waals surface area contributed by atoms with Crippen molar-refractivity contribution in [1.29, 1.82) is 0 Å². The van der Waals surface area contributed by atoms with Crippen LogP contribution in [0.3, 0.4) is 0 Å². The number of anilines is 1. The molecule has 0 bridgehead atoms. The molecule has 3 rings (SSSR count). The fourth-order valence-corrected chi connectivity index (χ4v) is 3.09. The van der Waals surface area contributed by atoms with Gasteiger partial charge >= 0.3 is 0 Å². The summed E-state index contributed by atoms with van der Waals surface area (Å²) >= 11 is 7.30. The molecule has 0 aromatic carbocycles. The fraction of sp³-hybridized carbons (Fsp3) is 0.250. The molecular formula is C16H15ClN4O2S. The number of hydrogen-bond acceptors (Lipinski definition) is 6. The molecule has 124 valence electrons. The van der Waals surface area contributed by atoms with Crippen molar-refractivity contribution < 1.29 is 9.21 Å². The summed E-state index contributed by atoms with van der Waals surface area (Å²) in [5.41, 5.74) is 1.15. The molecule has 1 N–H and O–H groups in total. The molecule has 0 saturated heterocycles. The van der Waals surface area contributed by atoms with Crippen molar-refractivity contribution >= 4 is 34.5 Å². The number of nitrogens with zero attached hydrogens (tertiary/aromatic N) is 3. The predicted molar refractivity (Wildman–Crippen MR) is 93.6 cm³/mol. The minimum absolute atomic E-state index is 0.169. The predicted octanol–water partition coefficient (Wildman–Crippen LogP) is 4.53. The first-order chi connectivity index (χ1) is 11.4. The third-order valence-electron chi connectivity index (χ3n) is 3.30. The summed E-state index contributed by atoms with van der Waals surface area (Å²) in [5.74, 6) is 0.968. The summed E-state index contributed by atoms with van der Waals surface area (Å²) in [5, 5.41) is 11.2. The molecule has 0 aliphatic rings. The molecule has 0 unspecified atom stereocenters. The van der Waals surface area contributed by atoms with Crippen LogP contribution in [0, 0.1) is 6.92 Å². The average molecular weight is 363 g/mol. The normalized spacial score (nSPS) is 11.0. The lowest BCUT2D eigenvalue weighted by Crippen LogP contribution is -2.12. The molecule has 6 nitrogen and oxygen atoms in total. The molecule has 0 aliphatic heterocycles. The Balaban J connectivity index is 1.82. The van der Waals surface area contributed by atoms with Gasteiger partial charge in [-0.3, -0.25) is 4.79 Å². The Morgan fingerprint density at radius 2 is 2.12 bits per heavy atom. The smallest absolute Gasteiger partial charge is 0.257 e. The van der Waals surface area contributed by atoms with E-state index in [1.54, 1.807) is 6.07 Å². The van der Waals surface area contributed by atoms with Crippen LogP contribution in [0.4, 0.5) is 5.69 Å². The van der Waals surface area contributed by atoms with Crippen LogP contribution >= 0.6 is 22.9 Å². The SMILES string of the molecule is Cc1sc(-c2nnc(C(C)C)o2)cc1NC(=O)c1ccnc(Cl)c1. The van der Waals surface area contributed by atoms with Gasteiger partial charge in [-0.15, -0.1) is 21.5 Å². The summed E-state index contributed by atoms with van der Waals surface area (Å²) in [6.45, 7) is 5.90. The van der Waals surface area contributed by atoms with Crippen molar-refractivity contribution in [1.82, 2.24) is 15.2 Å². The van der Waals surface area contributed by atoms with E-state index in [0.717, 1.165) is 9.75 Å². The highest BCUT2D eigenvalue weighted by Crippen LogP contribution is 2.34. The van der Waals surface area contributed by atoms with Crippen molar-refractivity contribution in [2.45, 2.75) is 26.7 Å². The summed E-state index contributed by atoms with van der Waals surface area (Å²) in [6, 6.07) is 4.96. The van der Waals surface area contributed by atoms with Gasteiger partial charge in [-0.2, -0.15) is 0 Å². The third-order valence-corrected chi connectivity index (χ3v) is 4.55. The van der Waals surface area contributed by atoms with Gasteiger partial charge < -0.3 is 9.73 Å². The second kappa shape index (κ2) is 6.70. The zero-order chi connectivity index (χ0) is 17.3. The lowest BCUT2D eigenvalue weighted by molar-refractivity contribution is 0.102. The molecule has 0 aliphatic carbocycles. The average Bonchev–Trinajstić information content (AvgIpc) is 3.15. The molecule has 0 radical (unpaired) electrons. The number of nitrogens with one attached hydrogen (secondary N) is 1. The number of amides is 1. The number of carbonyl (C=O) groups excluding carboxylic acids is 1. The Bertz CT molecular complexity index is 888. The van der Waals surface area contributed by atoms with Gasteiger partial charge in [-0.25, -0.2) is 4.98 Å². The van der Waals surface area contributed by atoms with E-state index in [-0.39, 0.29) is 17.0 Å². The molecule has 3 aromatic heterocycles. The van der Waals surface area contributed by atoms with E-state index in [1.165, 1.54) is 23.6 Å².